The Morgan fingerprint density at radius 3 is 2.23 bits per heavy atom. The number of anilines is 1. The summed E-state index contributed by atoms with van der Waals surface area (Å²) in [5, 5.41) is 13.8. The van der Waals surface area contributed by atoms with Gasteiger partial charge in [-0.3, -0.25) is 19.8 Å². The average molecular weight is 474 g/mol. The number of non-ortho nitro benzene ring substituents is 1. The highest BCUT2D eigenvalue weighted by Crippen LogP contribution is 2.27. The summed E-state index contributed by atoms with van der Waals surface area (Å²) >= 11 is 6.06. The normalized spacial score (nSPS) is 20.7. The molecule has 2 aliphatic rings. The predicted molar refractivity (Wildman–Crippen MR) is 118 cm³/mol. The van der Waals surface area contributed by atoms with E-state index >= 15 is 0 Å². The third-order valence-corrected chi connectivity index (χ3v) is 8.20. The van der Waals surface area contributed by atoms with Crippen molar-refractivity contribution in [3.63, 3.8) is 0 Å². The summed E-state index contributed by atoms with van der Waals surface area (Å²) in [4.78, 5) is 25.0. The van der Waals surface area contributed by atoms with Crippen LogP contribution in [0, 0.1) is 10.1 Å². The van der Waals surface area contributed by atoms with E-state index in [1.165, 1.54) is 22.5 Å². The molecule has 1 unspecified atom stereocenters. The molecule has 1 amide bonds. The number of rotatable bonds is 6. The first kappa shape index (κ1) is 23.9. The van der Waals surface area contributed by atoms with Gasteiger partial charge in [0.25, 0.3) is 15.9 Å². The lowest BCUT2D eigenvalue weighted by atomic mass is 10.2. The second-order valence-corrected chi connectivity index (χ2v) is 10.2. The van der Waals surface area contributed by atoms with Crippen molar-refractivity contribution in [1.82, 2.24) is 13.5 Å². The molecule has 172 valence electrons. The molecule has 0 radical (unpaired) electrons. The number of nitrogens with one attached hydrogen (secondary N) is 1. The summed E-state index contributed by atoms with van der Waals surface area (Å²) in [5.41, 5.74) is 0.00906. The smallest absolute Gasteiger partial charge is 0.282 e. The number of carbonyl (C=O) groups excluding carboxylic acids is 1. The molecule has 12 heteroatoms. The molecule has 0 saturated carbocycles. The summed E-state index contributed by atoms with van der Waals surface area (Å²) < 4.78 is 29.0. The van der Waals surface area contributed by atoms with Gasteiger partial charge in [0.1, 0.15) is 0 Å². The Hall–Kier alpha value is -1.79. The van der Waals surface area contributed by atoms with E-state index in [4.69, 9.17) is 11.6 Å². The van der Waals surface area contributed by atoms with E-state index in [1.54, 1.807) is 11.2 Å². The lowest BCUT2D eigenvalue weighted by Crippen LogP contribution is -2.56. The van der Waals surface area contributed by atoms with Crippen LogP contribution >= 0.6 is 11.6 Å². The lowest BCUT2D eigenvalue weighted by Gasteiger charge is -2.38. The van der Waals surface area contributed by atoms with Crippen molar-refractivity contribution in [2.75, 3.05) is 44.6 Å². The van der Waals surface area contributed by atoms with Crippen LogP contribution in [0.25, 0.3) is 0 Å². The molecule has 2 aliphatic heterocycles. The molecular formula is C19H28ClN5O5S. The molecule has 2 heterocycles. The second kappa shape index (κ2) is 10.2. The van der Waals surface area contributed by atoms with Gasteiger partial charge >= 0.3 is 0 Å². The fourth-order valence-corrected chi connectivity index (χ4v) is 5.72. The maximum Gasteiger partial charge on any atom is 0.282 e. The predicted octanol–water partition coefficient (Wildman–Crippen LogP) is 2.31. The van der Waals surface area contributed by atoms with Crippen molar-refractivity contribution >= 4 is 39.1 Å². The molecule has 0 aliphatic carbocycles. The van der Waals surface area contributed by atoms with Crippen molar-refractivity contribution in [2.45, 2.75) is 38.6 Å². The average Bonchev–Trinajstić information content (AvgIpc) is 3.05. The summed E-state index contributed by atoms with van der Waals surface area (Å²) in [6.45, 7) is 4.31. The molecule has 1 aromatic carbocycles. The molecule has 1 aromatic rings. The van der Waals surface area contributed by atoms with Crippen LogP contribution < -0.4 is 5.32 Å². The highest BCUT2D eigenvalue weighted by Gasteiger charge is 2.34. The quantitative estimate of drug-likeness (QED) is 0.500. The van der Waals surface area contributed by atoms with Crippen molar-refractivity contribution in [1.29, 1.82) is 0 Å². The molecule has 10 nitrogen and oxygen atoms in total. The lowest BCUT2D eigenvalue weighted by molar-refractivity contribution is -0.384. The number of nitrogens with zero attached hydrogens (tertiary/aromatic N) is 4. The van der Waals surface area contributed by atoms with Crippen LogP contribution in [0.3, 0.4) is 0 Å². The monoisotopic (exact) mass is 473 g/mol. The molecule has 31 heavy (non-hydrogen) atoms. The Balaban J connectivity index is 1.58. The highest BCUT2D eigenvalue weighted by molar-refractivity contribution is 7.86. The Morgan fingerprint density at radius 2 is 1.65 bits per heavy atom. The summed E-state index contributed by atoms with van der Waals surface area (Å²) in [5.74, 6) is -0.355. The van der Waals surface area contributed by atoms with Gasteiger partial charge in [0.05, 0.1) is 21.7 Å². The van der Waals surface area contributed by atoms with E-state index in [9.17, 15) is 23.3 Å². The third kappa shape index (κ3) is 5.72. The van der Waals surface area contributed by atoms with Crippen LogP contribution in [-0.4, -0.2) is 78.1 Å². The zero-order valence-corrected chi connectivity index (χ0v) is 19.1. The molecule has 3 rings (SSSR count). The number of hydrogen-bond acceptors (Lipinski definition) is 6. The minimum absolute atomic E-state index is 0.167. The van der Waals surface area contributed by atoms with Gasteiger partial charge in [-0.05, 0) is 25.8 Å². The van der Waals surface area contributed by atoms with E-state index in [1.807, 2.05) is 4.90 Å². The molecular weight excluding hydrogens is 446 g/mol. The number of piperazine rings is 1. The van der Waals surface area contributed by atoms with Gasteiger partial charge in [-0.15, -0.1) is 0 Å². The SMILES string of the molecule is CC(C(=O)Nc1cc([N+](=O)[O-])ccc1Cl)N1CCN(S(=O)(=O)N2CCCCCC2)CC1. The number of hydrogen-bond donors (Lipinski definition) is 1. The second-order valence-electron chi connectivity index (χ2n) is 7.84. The van der Waals surface area contributed by atoms with E-state index in [0.717, 1.165) is 25.7 Å². The first-order valence-electron chi connectivity index (χ1n) is 10.4. The van der Waals surface area contributed by atoms with Gasteiger partial charge in [-0.25, -0.2) is 0 Å². The van der Waals surface area contributed by atoms with Crippen LogP contribution in [0.1, 0.15) is 32.6 Å². The van der Waals surface area contributed by atoms with E-state index < -0.39 is 21.2 Å². The number of nitro benzene ring substituents is 1. The number of carbonyl (C=O) groups is 1. The molecule has 2 fully saturated rings. The molecule has 0 aromatic heterocycles. The Bertz CT molecular complexity index is 912. The summed E-state index contributed by atoms with van der Waals surface area (Å²) in [7, 11) is -3.49. The van der Waals surface area contributed by atoms with Crippen molar-refractivity contribution in [3.8, 4) is 0 Å². The molecule has 1 N–H and O–H groups in total. The Kier molecular flexibility index (Phi) is 7.87. The number of halogens is 1. The van der Waals surface area contributed by atoms with Gasteiger partial charge < -0.3 is 5.32 Å². The topological polar surface area (TPSA) is 116 Å². The molecule has 0 bridgehead atoms. The first-order valence-corrected chi connectivity index (χ1v) is 12.2. The van der Waals surface area contributed by atoms with Crippen LogP contribution in [0.5, 0.6) is 0 Å². The van der Waals surface area contributed by atoms with E-state index in [0.29, 0.717) is 39.3 Å². The van der Waals surface area contributed by atoms with Crippen LogP contribution in [0.15, 0.2) is 18.2 Å². The zero-order chi connectivity index (χ0) is 22.6. The minimum atomic E-state index is -3.49. The highest BCUT2D eigenvalue weighted by atomic mass is 35.5. The van der Waals surface area contributed by atoms with Gasteiger partial charge in [-0.2, -0.15) is 17.0 Å². The fourth-order valence-electron chi connectivity index (χ4n) is 3.88. The number of nitro groups is 1. The largest absolute Gasteiger partial charge is 0.323 e. The van der Waals surface area contributed by atoms with Gasteiger partial charge in [0, 0.05) is 51.4 Å². The standard InChI is InChI=1S/C19H28ClN5O5S/c1-15(19(26)21-18-14-16(25(27)28)6-7-17(18)20)22-10-12-24(13-11-22)31(29,30)23-8-4-2-3-5-9-23/h6-7,14-15H,2-5,8-13H2,1H3,(H,21,26). The Morgan fingerprint density at radius 1 is 1.06 bits per heavy atom. The zero-order valence-electron chi connectivity index (χ0n) is 17.5. The number of benzene rings is 1. The fraction of sp³-hybridized carbons (Fsp3) is 0.632. The summed E-state index contributed by atoms with van der Waals surface area (Å²) in [6, 6.07) is 3.31. The van der Waals surface area contributed by atoms with Crippen LogP contribution in [-0.2, 0) is 15.0 Å². The Labute approximate surface area is 187 Å². The van der Waals surface area contributed by atoms with Gasteiger partial charge in [-0.1, -0.05) is 24.4 Å². The van der Waals surface area contributed by atoms with Crippen molar-refractivity contribution in [2.24, 2.45) is 0 Å². The maximum atomic E-state index is 13.0. The number of amides is 1. The molecule has 0 spiro atoms. The maximum absolute atomic E-state index is 13.0. The minimum Gasteiger partial charge on any atom is -0.323 e. The van der Waals surface area contributed by atoms with Crippen LogP contribution in [0.4, 0.5) is 11.4 Å². The molecule has 1 atom stereocenters. The third-order valence-electron chi connectivity index (χ3n) is 5.84. The van der Waals surface area contributed by atoms with Gasteiger partial charge in [0.2, 0.25) is 5.91 Å². The van der Waals surface area contributed by atoms with Gasteiger partial charge in [0.15, 0.2) is 0 Å². The summed E-state index contributed by atoms with van der Waals surface area (Å²) in [6.07, 6.45) is 3.88. The molecule has 2 saturated heterocycles. The van der Waals surface area contributed by atoms with Crippen molar-refractivity contribution in [3.05, 3.63) is 33.3 Å². The first-order chi connectivity index (χ1) is 14.7. The van der Waals surface area contributed by atoms with Crippen LogP contribution in [0.2, 0.25) is 5.02 Å². The van der Waals surface area contributed by atoms with Crippen molar-refractivity contribution < 1.29 is 18.1 Å². The van der Waals surface area contributed by atoms with E-state index in [-0.39, 0.29) is 22.3 Å². The van der Waals surface area contributed by atoms with E-state index in [2.05, 4.69) is 5.32 Å².